The summed E-state index contributed by atoms with van der Waals surface area (Å²) >= 11 is 0. The SMILES string of the molecule is CC[C@@]1(C)NC(=O)N(c2ccc(Oc3ccc4c(c3)C(C)(C)OC4)cc2)C1=O. The van der Waals surface area contributed by atoms with Gasteiger partial charge in [-0.3, -0.25) is 4.79 Å². The number of urea groups is 1. The lowest BCUT2D eigenvalue weighted by atomic mass is 9.96. The van der Waals surface area contributed by atoms with Crippen molar-refractivity contribution in [2.75, 3.05) is 4.90 Å². The second-order valence-electron chi connectivity index (χ2n) is 7.97. The van der Waals surface area contributed by atoms with Gasteiger partial charge in [0.2, 0.25) is 0 Å². The molecule has 28 heavy (non-hydrogen) atoms. The molecule has 2 aromatic rings. The monoisotopic (exact) mass is 380 g/mol. The van der Waals surface area contributed by atoms with Crippen LogP contribution in [0.25, 0.3) is 0 Å². The summed E-state index contributed by atoms with van der Waals surface area (Å²) < 4.78 is 11.8. The van der Waals surface area contributed by atoms with Crippen LogP contribution < -0.4 is 15.0 Å². The van der Waals surface area contributed by atoms with E-state index in [4.69, 9.17) is 9.47 Å². The number of fused-ring (bicyclic) bond motifs is 1. The quantitative estimate of drug-likeness (QED) is 0.795. The highest BCUT2D eigenvalue weighted by Crippen LogP contribution is 2.38. The number of ether oxygens (including phenoxy) is 2. The van der Waals surface area contributed by atoms with E-state index in [2.05, 4.69) is 5.32 Å². The lowest BCUT2D eigenvalue weighted by Gasteiger charge is -2.19. The molecule has 0 unspecified atom stereocenters. The topological polar surface area (TPSA) is 67.9 Å². The molecule has 1 fully saturated rings. The molecule has 6 heteroatoms. The highest BCUT2D eigenvalue weighted by molar-refractivity contribution is 6.23. The Morgan fingerprint density at radius 3 is 2.39 bits per heavy atom. The van der Waals surface area contributed by atoms with Crippen LogP contribution >= 0.6 is 0 Å². The zero-order valence-corrected chi connectivity index (χ0v) is 16.5. The highest BCUT2D eigenvalue weighted by atomic mass is 16.5. The van der Waals surface area contributed by atoms with E-state index in [1.165, 1.54) is 10.5 Å². The van der Waals surface area contributed by atoms with Crippen LogP contribution in [0.2, 0.25) is 0 Å². The summed E-state index contributed by atoms with van der Waals surface area (Å²) in [7, 11) is 0. The van der Waals surface area contributed by atoms with Gasteiger partial charge in [0, 0.05) is 0 Å². The maximum Gasteiger partial charge on any atom is 0.329 e. The Balaban J connectivity index is 1.54. The van der Waals surface area contributed by atoms with Crippen molar-refractivity contribution in [1.29, 1.82) is 0 Å². The summed E-state index contributed by atoms with van der Waals surface area (Å²) in [6.07, 6.45) is 0.535. The molecule has 146 valence electrons. The van der Waals surface area contributed by atoms with Crippen LogP contribution in [0.4, 0.5) is 10.5 Å². The molecular weight excluding hydrogens is 356 g/mol. The molecule has 1 atom stereocenters. The molecule has 0 aliphatic carbocycles. The van der Waals surface area contributed by atoms with E-state index in [1.54, 1.807) is 31.2 Å². The van der Waals surface area contributed by atoms with E-state index in [-0.39, 0.29) is 11.5 Å². The fourth-order valence-corrected chi connectivity index (χ4v) is 3.60. The second-order valence-corrected chi connectivity index (χ2v) is 7.97. The Kier molecular flexibility index (Phi) is 4.19. The third-order valence-corrected chi connectivity index (χ3v) is 5.62. The first-order valence-corrected chi connectivity index (χ1v) is 9.45. The minimum atomic E-state index is -0.856. The van der Waals surface area contributed by atoms with Crippen molar-refractivity contribution in [3.63, 3.8) is 0 Å². The van der Waals surface area contributed by atoms with Crippen LogP contribution in [0, 0.1) is 0 Å². The van der Waals surface area contributed by atoms with Crippen LogP contribution in [0.15, 0.2) is 42.5 Å². The number of nitrogens with zero attached hydrogens (tertiary/aromatic N) is 1. The normalized spacial score (nSPS) is 22.9. The predicted octanol–water partition coefficient (Wildman–Crippen LogP) is 4.47. The Bertz CT molecular complexity index is 952. The number of benzene rings is 2. The predicted molar refractivity (Wildman–Crippen MR) is 105 cm³/mol. The maximum absolute atomic E-state index is 12.6. The Morgan fingerprint density at radius 2 is 1.75 bits per heavy atom. The van der Waals surface area contributed by atoms with Crippen molar-refractivity contribution in [2.45, 2.75) is 51.9 Å². The van der Waals surface area contributed by atoms with Crippen LogP contribution in [-0.2, 0) is 21.7 Å². The number of rotatable bonds is 4. The average molecular weight is 380 g/mol. The average Bonchev–Trinajstić information content (AvgIpc) is 3.09. The first-order chi connectivity index (χ1) is 13.2. The summed E-state index contributed by atoms with van der Waals surface area (Å²) in [6, 6.07) is 12.5. The lowest BCUT2D eigenvalue weighted by Crippen LogP contribution is -2.43. The van der Waals surface area contributed by atoms with Crippen molar-refractivity contribution < 1.29 is 19.1 Å². The Morgan fingerprint density at radius 1 is 1.07 bits per heavy atom. The van der Waals surface area contributed by atoms with Gasteiger partial charge in [-0.1, -0.05) is 13.0 Å². The third-order valence-electron chi connectivity index (χ3n) is 5.62. The molecule has 0 saturated carbocycles. The number of amides is 3. The molecule has 0 spiro atoms. The zero-order chi connectivity index (χ0) is 20.1. The van der Waals surface area contributed by atoms with Crippen LogP contribution in [0.3, 0.4) is 0 Å². The molecule has 4 rings (SSSR count). The Hall–Kier alpha value is -2.86. The first kappa shape index (κ1) is 18.5. The fourth-order valence-electron chi connectivity index (χ4n) is 3.60. The molecule has 2 aromatic carbocycles. The first-order valence-electron chi connectivity index (χ1n) is 9.45. The zero-order valence-electron chi connectivity index (χ0n) is 16.5. The minimum Gasteiger partial charge on any atom is -0.457 e. The van der Waals surface area contributed by atoms with Crippen LogP contribution in [0.1, 0.15) is 45.2 Å². The van der Waals surface area contributed by atoms with Gasteiger partial charge in [-0.25, -0.2) is 9.69 Å². The van der Waals surface area contributed by atoms with Gasteiger partial charge >= 0.3 is 6.03 Å². The minimum absolute atomic E-state index is 0.241. The number of carbonyl (C=O) groups excluding carboxylic acids is 2. The molecule has 6 nitrogen and oxygen atoms in total. The molecule has 3 amide bonds. The van der Waals surface area contributed by atoms with Gasteiger partial charge in [0.25, 0.3) is 5.91 Å². The summed E-state index contributed by atoms with van der Waals surface area (Å²) in [4.78, 5) is 26.1. The summed E-state index contributed by atoms with van der Waals surface area (Å²) in [5, 5.41) is 2.76. The van der Waals surface area contributed by atoms with Crippen LogP contribution in [0.5, 0.6) is 11.5 Å². The molecule has 0 radical (unpaired) electrons. The summed E-state index contributed by atoms with van der Waals surface area (Å²) in [6.45, 7) is 8.31. The van der Waals surface area contributed by atoms with Crippen molar-refractivity contribution in [1.82, 2.24) is 5.32 Å². The third kappa shape index (κ3) is 2.94. The fraction of sp³-hybridized carbons (Fsp3) is 0.364. The van der Waals surface area contributed by atoms with Gasteiger partial charge in [0.05, 0.1) is 17.9 Å². The van der Waals surface area contributed by atoms with Crippen molar-refractivity contribution in [2.24, 2.45) is 0 Å². The number of hydrogen-bond acceptors (Lipinski definition) is 4. The van der Waals surface area contributed by atoms with Gasteiger partial charge in [-0.2, -0.15) is 0 Å². The molecule has 0 aromatic heterocycles. The number of imide groups is 1. The van der Waals surface area contributed by atoms with Crippen molar-refractivity contribution in [3.8, 4) is 11.5 Å². The molecule has 2 aliphatic heterocycles. The number of hydrogen-bond donors (Lipinski definition) is 1. The maximum atomic E-state index is 12.6. The van der Waals surface area contributed by atoms with E-state index in [0.29, 0.717) is 24.5 Å². The smallest absolute Gasteiger partial charge is 0.329 e. The molecule has 2 heterocycles. The molecule has 1 N–H and O–H groups in total. The lowest BCUT2D eigenvalue weighted by molar-refractivity contribution is -0.121. The van der Waals surface area contributed by atoms with E-state index in [9.17, 15) is 9.59 Å². The largest absolute Gasteiger partial charge is 0.457 e. The van der Waals surface area contributed by atoms with E-state index < -0.39 is 11.6 Å². The number of nitrogens with one attached hydrogen (secondary N) is 1. The molecule has 1 saturated heterocycles. The second kappa shape index (κ2) is 6.34. The van der Waals surface area contributed by atoms with E-state index in [0.717, 1.165) is 11.3 Å². The van der Waals surface area contributed by atoms with Crippen molar-refractivity contribution in [3.05, 3.63) is 53.6 Å². The van der Waals surface area contributed by atoms with Gasteiger partial charge in [0.1, 0.15) is 17.0 Å². The van der Waals surface area contributed by atoms with Gasteiger partial charge < -0.3 is 14.8 Å². The van der Waals surface area contributed by atoms with Crippen LogP contribution in [-0.4, -0.2) is 17.5 Å². The van der Waals surface area contributed by atoms with Crippen molar-refractivity contribution >= 4 is 17.6 Å². The Labute approximate surface area is 164 Å². The molecular formula is C22H24N2O4. The van der Waals surface area contributed by atoms with Gasteiger partial charge in [0.15, 0.2) is 0 Å². The molecule has 2 aliphatic rings. The van der Waals surface area contributed by atoms with Gasteiger partial charge in [-0.15, -0.1) is 0 Å². The summed E-state index contributed by atoms with van der Waals surface area (Å²) in [5.74, 6) is 1.11. The van der Waals surface area contributed by atoms with Gasteiger partial charge in [-0.05, 0) is 74.7 Å². The number of carbonyl (C=O) groups is 2. The highest BCUT2D eigenvalue weighted by Gasteiger charge is 2.47. The van der Waals surface area contributed by atoms with E-state index in [1.807, 2.05) is 39.0 Å². The number of anilines is 1. The molecule has 0 bridgehead atoms. The summed E-state index contributed by atoms with van der Waals surface area (Å²) in [5.41, 5.74) is 1.64. The standard InChI is InChI=1S/C22H24N2O4/c1-5-22(4)19(25)24(20(26)23-22)15-7-10-16(11-8-15)28-17-9-6-14-13-27-21(2,3)18(14)12-17/h6-12H,5,13H2,1-4H3,(H,23,26)/t22-/m1/s1. The van der Waals surface area contributed by atoms with E-state index >= 15 is 0 Å².